The highest BCUT2D eigenvalue weighted by atomic mass is 35.5. The molecule has 1 aromatic heterocycles. The maximum Gasteiger partial charge on any atom is 0.253 e. The van der Waals surface area contributed by atoms with Gasteiger partial charge in [0.05, 0.1) is 6.04 Å². The number of pyridine rings is 1. The van der Waals surface area contributed by atoms with Gasteiger partial charge in [-0.1, -0.05) is 30.7 Å². The van der Waals surface area contributed by atoms with Crippen LogP contribution in [0.5, 0.6) is 0 Å². The number of likely N-dealkylation sites (tertiary alicyclic amines) is 2. The number of nitrogens with one attached hydrogen (secondary N) is 1. The van der Waals surface area contributed by atoms with Gasteiger partial charge < -0.3 is 15.1 Å². The molecule has 4 rings (SSSR count). The lowest BCUT2D eigenvalue weighted by molar-refractivity contribution is -0.135. The number of benzene rings is 1. The van der Waals surface area contributed by atoms with Crippen LogP contribution in [-0.2, 0) is 11.2 Å². The highest BCUT2D eigenvalue weighted by Gasteiger charge is 2.31. The Kier molecular flexibility index (Phi) is 7.99. The second-order valence-corrected chi connectivity index (χ2v) is 9.82. The summed E-state index contributed by atoms with van der Waals surface area (Å²) in [5, 5.41) is 4.36. The van der Waals surface area contributed by atoms with Crippen LogP contribution in [0.15, 0.2) is 48.8 Å². The zero-order valence-electron chi connectivity index (χ0n) is 19.3. The Bertz CT molecular complexity index is 929. The third-order valence-corrected chi connectivity index (χ3v) is 7.02. The van der Waals surface area contributed by atoms with Gasteiger partial charge in [0.15, 0.2) is 0 Å². The Morgan fingerprint density at radius 2 is 1.73 bits per heavy atom. The fourth-order valence-electron chi connectivity index (χ4n) is 4.89. The third-order valence-electron chi connectivity index (χ3n) is 6.77. The number of piperidine rings is 2. The second kappa shape index (κ2) is 11.1. The predicted molar refractivity (Wildman–Crippen MR) is 130 cm³/mol. The van der Waals surface area contributed by atoms with E-state index in [0.29, 0.717) is 36.0 Å². The first-order valence-corrected chi connectivity index (χ1v) is 12.4. The van der Waals surface area contributed by atoms with Crippen molar-refractivity contribution in [2.75, 3.05) is 26.2 Å². The van der Waals surface area contributed by atoms with Gasteiger partial charge in [-0.15, -0.1) is 0 Å². The number of carbonyl (C=O) groups is 2. The smallest absolute Gasteiger partial charge is 0.253 e. The first-order valence-electron chi connectivity index (χ1n) is 12.0. The van der Waals surface area contributed by atoms with E-state index in [-0.39, 0.29) is 23.9 Å². The Morgan fingerprint density at radius 3 is 2.39 bits per heavy atom. The van der Waals surface area contributed by atoms with Crippen molar-refractivity contribution in [3.8, 4) is 0 Å². The maximum atomic E-state index is 13.5. The third kappa shape index (κ3) is 6.33. The Morgan fingerprint density at radius 1 is 1.03 bits per heavy atom. The van der Waals surface area contributed by atoms with Gasteiger partial charge in [0.2, 0.25) is 5.91 Å². The lowest BCUT2D eigenvalue weighted by Crippen LogP contribution is -2.55. The van der Waals surface area contributed by atoms with Gasteiger partial charge in [-0.05, 0) is 67.9 Å². The topological polar surface area (TPSA) is 65.5 Å². The zero-order valence-corrected chi connectivity index (χ0v) is 20.0. The fraction of sp³-hybridized carbons (Fsp3) is 0.500. The predicted octanol–water partition coefficient (Wildman–Crippen LogP) is 3.80. The van der Waals surface area contributed by atoms with Gasteiger partial charge in [-0.25, -0.2) is 0 Å². The first-order chi connectivity index (χ1) is 16.0. The molecule has 0 spiro atoms. The summed E-state index contributed by atoms with van der Waals surface area (Å²) in [6.45, 7) is 5.25. The number of amides is 2. The summed E-state index contributed by atoms with van der Waals surface area (Å²) in [6.07, 6.45) is 7.84. The van der Waals surface area contributed by atoms with Gasteiger partial charge in [0, 0.05) is 55.2 Å². The molecule has 7 heteroatoms. The monoisotopic (exact) mass is 468 g/mol. The van der Waals surface area contributed by atoms with Crippen molar-refractivity contribution >= 4 is 23.4 Å². The molecule has 2 atom stereocenters. The molecule has 2 aromatic rings. The summed E-state index contributed by atoms with van der Waals surface area (Å²) in [4.78, 5) is 34.2. The van der Waals surface area contributed by atoms with E-state index in [2.05, 4.69) is 17.2 Å². The van der Waals surface area contributed by atoms with Crippen LogP contribution >= 0.6 is 11.6 Å². The molecular weight excluding hydrogens is 436 g/mol. The van der Waals surface area contributed by atoms with E-state index >= 15 is 0 Å². The van der Waals surface area contributed by atoms with E-state index in [1.807, 2.05) is 34.1 Å². The molecule has 2 saturated heterocycles. The molecule has 33 heavy (non-hydrogen) atoms. The van der Waals surface area contributed by atoms with Crippen LogP contribution in [0.3, 0.4) is 0 Å². The van der Waals surface area contributed by atoms with Crippen molar-refractivity contribution in [1.29, 1.82) is 0 Å². The van der Waals surface area contributed by atoms with Crippen LogP contribution in [0.1, 0.15) is 48.5 Å². The van der Waals surface area contributed by atoms with E-state index in [4.69, 9.17) is 11.6 Å². The minimum atomic E-state index is -0.274. The number of hydrogen-bond donors (Lipinski definition) is 1. The van der Waals surface area contributed by atoms with Crippen LogP contribution in [0.25, 0.3) is 0 Å². The van der Waals surface area contributed by atoms with E-state index in [0.717, 1.165) is 37.9 Å². The van der Waals surface area contributed by atoms with Crippen molar-refractivity contribution in [3.05, 3.63) is 64.9 Å². The lowest BCUT2D eigenvalue weighted by atomic mass is 9.96. The Balaban J connectivity index is 1.40. The van der Waals surface area contributed by atoms with Gasteiger partial charge in [0.1, 0.15) is 0 Å². The van der Waals surface area contributed by atoms with Crippen molar-refractivity contribution in [2.24, 2.45) is 5.92 Å². The molecule has 2 fully saturated rings. The van der Waals surface area contributed by atoms with Crippen LogP contribution in [0, 0.1) is 5.92 Å². The minimum Gasteiger partial charge on any atom is -0.341 e. The summed E-state index contributed by atoms with van der Waals surface area (Å²) in [5.41, 5.74) is 1.77. The molecular formula is C26H33ClN4O2. The molecule has 2 amide bonds. The standard InChI is InChI=1S/C26H33ClN4O2/c1-19-3-2-14-31(18-19)26(33)24(17-20-4-6-22(27)7-5-20)29-23-10-15-30(16-11-23)25(32)21-8-12-28-13-9-21/h4-9,12-13,19,23-24,29H,2-3,10-11,14-18H2,1H3/t19?,24-/m1/s1. The maximum absolute atomic E-state index is 13.5. The molecule has 3 heterocycles. The second-order valence-electron chi connectivity index (χ2n) is 9.38. The number of nitrogens with zero attached hydrogens (tertiary/aromatic N) is 3. The van der Waals surface area contributed by atoms with Gasteiger partial charge >= 0.3 is 0 Å². The zero-order chi connectivity index (χ0) is 23.2. The number of aromatic nitrogens is 1. The average Bonchev–Trinajstić information content (AvgIpc) is 2.85. The highest BCUT2D eigenvalue weighted by Crippen LogP contribution is 2.20. The highest BCUT2D eigenvalue weighted by molar-refractivity contribution is 6.30. The summed E-state index contributed by atoms with van der Waals surface area (Å²) < 4.78 is 0. The van der Waals surface area contributed by atoms with Crippen molar-refractivity contribution in [2.45, 2.75) is 51.1 Å². The molecule has 6 nitrogen and oxygen atoms in total. The van der Waals surface area contributed by atoms with E-state index < -0.39 is 0 Å². The normalized spacial score (nSPS) is 20.5. The SMILES string of the molecule is CC1CCCN(C(=O)[C@@H](Cc2ccc(Cl)cc2)NC2CCN(C(=O)c3ccncc3)CC2)C1. The molecule has 2 aliphatic heterocycles. The van der Waals surface area contributed by atoms with E-state index in [1.54, 1.807) is 24.5 Å². The minimum absolute atomic E-state index is 0.0481. The molecule has 1 N–H and O–H groups in total. The van der Waals surface area contributed by atoms with Gasteiger partial charge in [-0.2, -0.15) is 0 Å². The summed E-state index contributed by atoms with van der Waals surface area (Å²) in [6, 6.07) is 11.2. The summed E-state index contributed by atoms with van der Waals surface area (Å²) in [5.74, 6) is 0.778. The van der Waals surface area contributed by atoms with Gasteiger partial charge in [0.25, 0.3) is 5.91 Å². The fourth-order valence-corrected chi connectivity index (χ4v) is 5.02. The van der Waals surface area contributed by atoms with E-state index in [9.17, 15) is 9.59 Å². The first kappa shape index (κ1) is 23.7. The number of rotatable bonds is 6. The van der Waals surface area contributed by atoms with Crippen LogP contribution in [0.2, 0.25) is 5.02 Å². The average molecular weight is 469 g/mol. The molecule has 0 bridgehead atoms. The lowest BCUT2D eigenvalue weighted by Gasteiger charge is -2.37. The number of carbonyl (C=O) groups excluding carboxylic acids is 2. The molecule has 1 aromatic carbocycles. The molecule has 0 saturated carbocycles. The van der Waals surface area contributed by atoms with Gasteiger partial charge in [-0.3, -0.25) is 14.6 Å². The van der Waals surface area contributed by atoms with Crippen LogP contribution in [0.4, 0.5) is 0 Å². The summed E-state index contributed by atoms with van der Waals surface area (Å²) >= 11 is 6.06. The molecule has 0 aliphatic carbocycles. The van der Waals surface area contributed by atoms with Crippen molar-refractivity contribution < 1.29 is 9.59 Å². The molecule has 176 valence electrons. The molecule has 1 unspecified atom stereocenters. The quantitative estimate of drug-likeness (QED) is 0.700. The molecule has 2 aliphatic rings. The Labute approximate surface area is 201 Å². The summed E-state index contributed by atoms with van der Waals surface area (Å²) in [7, 11) is 0. The van der Waals surface area contributed by atoms with E-state index in [1.165, 1.54) is 6.42 Å². The number of halogens is 1. The largest absolute Gasteiger partial charge is 0.341 e. The van der Waals surface area contributed by atoms with Crippen LogP contribution < -0.4 is 5.32 Å². The Hall–Kier alpha value is -2.44. The van der Waals surface area contributed by atoms with Crippen LogP contribution in [-0.4, -0.2) is 64.9 Å². The number of hydrogen-bond acceptors (Lipinski definition) is 4. The van der Waals surface area contributed by atoms with Crippen molar-refractivity contribution in [3.63, 3.8) is 0 Å². The molecule has 0 radical (unpaired) electrons. The van der Waals surface area contributed by atoms with Crippen molar-refractivity contribution in [1.82, 2.24) is 20.1 Å².